The van der Waals surface area contributed by atoms with E-state index in [-0.39, 0.29) is 5.75 Å². The molecular weight excluding hydrogens is 247 g/mol. The van der Waals surface area contributed by atoms with Crippen LogP contribution >= 0.6 is 23.2 Å². The first-order valence-electron chi connectivity index (χ1n) is 4.66. The molecule has 3 rings (SSSR count). The quantitative estimate of drug-likeness (QED) is 0.635. The van der Waals surface area contributed by atoms with Crippen molar-refractivity contribution in [3.63, 3.8) is 0 Å². The SMILES string of the molecule is Oc1cc(Cl)cc2c1oc1c(Cl)cccc12. The molecule has 0 aliphatic carbocycles. The second kappa shape index (κ2) is 3.30. The minimum atomic E-state index is 0.0229. The van der Waals surface area contributed by atoms with Crippen LogP contribution in [-0.2, 0) is 0 Å². The minimum absolute atomic E-state index is 0.0229. The number of furan rings is 1. The number of phenolic OH excluding ortho intramolecular Hbond substituents is 1. The van der Waals surface area contributed by atoms with Crippen molar-refractivity contribution in [3.05, 3.63) is 40.4 Å². The van der Waals surface area contributed by atoms with E-state index in [0.717, 1.165) is 10.8 Å². The van der Waals surface area contributed by atoms with Gasteiger partial charge in [-0.2, -0.15) is 0 Å². The zero-order valence-corrected chi connectivity index (χ0v) is 9.51. The second-order valence-electron chi connectivity index (χ2n) is 3.52. The predicted molar refractivity (Wildman–Crippen MR) is 65.4 cm³/mol. The lowest BCUT2D eigenvalue weighted by Crippen LogP contribution is -1.69. The average molecular weight is 253 g/mol. The van der Waals surface area contributed by atoms with Crippen LogP contribution in [0, 0.1) is 0 Å². The zero-order valence-electron chi connectivity index (χ0n) is 8.00. The summed E-state index contributed by atoms with van der Waals surface area (Å²) in [5.41, 5.74) is 0.976. The van der Waals surface area contributed by atoms with Gasteiger partial charge in [-0.05, 0) is 12.1 Å². The van der Waals surface area contributed by atoms with Crippen LogP contribution in [-0.4, -0.2) is 5.11 Å². The Labute approximate surface area is 101 Å². The van der Waals surface area contributed by atoms with Crippen molar-refractivity contribution in [3.8, 4) is 5.75 Å². The van der Waals surface area contributed by atoms with Crippen molar-refractivity contribution in [2.45, 2.75) is 0 Å². The number of fused-ring (bicyclic) bond motifs is 3. The molecule has 0 saturated carbocycles. The highest BCUT2D eigenvalue weighted by atomic mass is 35.5. The lowest BCUT2D eigenvalue weighted by atomic mass is 10.1. The van der Waals surface area contributed by atoms with Gasteiger partial charge >= 0.3 is 0 Å². The van der Waals surface area contributed by atoms with E-state index in [2.05, 4.69) is 0 Å². The summed E-state index contributed by atoms with van der Waals surface area (Å²) < 4.78 is 5.53. The molecule has 80 valence electrons. The summed E-state index contributed by atoms with van der Waals surface area (Å²) in [5.74, 6) is 0.0229. The Bertz CT molecular complexity index is 701. The maximum Gasteiger partial charge on any atom is 0.177 e. The Morgan fingerprint density at radius 1 is 1.00 bits per heavy atom. The monoisotopic (exact) mass is 252 g/mol. The molecule has 0 spiro atoms. The molecule has 0 bridgehead atoms. The molecule has 1 N–H and O–H groups in total. The number of benzene rings is 2. The maximum absolute atomic E-state index is 9.72. The largest absolute Gasteiger partial charge is 0.504 e. The van der Waals surface area contributed by atoms with Crippen LogP contribution in [0.4, 0.5) is 0 Å². The number of hydrogen-bond donors (Lipinski definition) is 1. The van der Waals surface area contributed by atoms with Gasteiger partial charge < -0.3 is 9.52 Å². The first kappa shape index (κ1) is 9.82. The smallest absolute Gasteiger partial charge is 0.177 e. The molecule has 0 fully saturated rings. The van der Waals surface area contributed by atoms with E-state index in [1.54, 1.807) is 12.1 Å². The molecule has 2 aromatic carbocycles. The van der Waals surface area contributed by atoms with Crippen molar-refractivity contribution in [1.82, 2.24) is 0 Å². The molecule has 0 unspecified atom stereocenters. The molecule has 0 radical (unpaired) electrons. The molecular formula is C12H6Cl2O2. The highest BCUT2D eigenvalue weighted by Crippen LogP contribution is 2.38. The van der Waals surface area contributed by atoms with Crippen molar-refractivity contribution < 1.29 is 9.52 Å². The van der Waals surface area contributed by atoms with Crippen LogP contribution in [0.3, 0.4) is 0 Å². The van der Waals surface area contributed by atoms with Crippen molar-refractivity contribution in [1.29, 1.82) is 0 Å². The van der Waals surface area contributed by atoms with E-state index < -0.39 is 0 Å². The van der Waals surface area contributed by atoms with E-state index in [0.29, 0.717) is 21.2 Å². The summed E-state index contributed by atoms with van der Waals surface area (Å²) in [4.78, 5) is 0. The van der Waals surface area contributed by atoms with Gasteiger partial charge in [0.05, 0.1) is 5.02 Å². The van der Waals surface area contributed by atoms with Crippen LogP contribution in [0.25, 0.3) is 21.9 Å². The Morgan fingerprint density at radius 2 is 1.81 bits per heavy atom. The molecule has 0 aliphatic heterocycles. The van der Waals surface area contributed by atoms with Crippen LogP contribution < -0.4 is 0 Å². The summed E-state index contributed by atoms with van der Waals surface area (Å²) >= 11 is 11.9. The van der Waals surface area contributed by atoms with E-state index >= 15 is 0 Å². The van der Waals surface area contributed by atoms with Crippen molar-refractivity contribution >= 4 is 45.1 Å². The van der Waals surface area contributed by atoms with Gasteiger partial charge in [0.2, 0.25) is 0 Å². The second-order valence-corrected chi connectivity index (χ2v) is 4.36. The standard InChI is InChI=1S/C12H6Cl2O2/c13-6-4-8-7-2-1-3-9(14)11(7)16-12(8)10(15)5-6/h1-5,15H. The van der Waals surface area contributed by atoms with Crippen LogP contribution in [0.5, 0.6) is 5.75 Å². The predicted octanol–water partition coefficient (Wildman–Crippen LogP) is 4.60. The number of aromatic hydroxyl groups is 1. The van der Waals surface area contributed by atoms with E-state index in [1.165, 1.54) is 6.07 Å². The van der Waals surface area contributed by atoms with Crippen molar-refractivity contribution in [2.24, 2.45) is 0 Å². The van der Waals surface area contributed by atoms with Gasteiger partial charge in [-0.3, -0.25) is 0 Å². The number of para-hydroxylation sites is 1. The lowest BCUT2D eigenvalue weighted by Gasteiger charge is -1.94. The maximum atomic E-state index is 9.72. The van der Waals surface area contributed by atoms with Gasteiger partial charge in [-0.25, -0.2) is 0 Å². The Balaban J connectivity index is 2.61. The van der Waals surface area contributed by atoms with Gasteiger partial charge in [0.1, 0.15) is 0 Å². The normalized spacial score (nSPS) is 11.4. The van der Waals surface area contributed by atoms with E-state index in [4.69, 9.17) is 27.6 Å². The molecule has 16 heavy (non-hydrogen) atoms. The summed E-state index contributed by atoms with van der Waals surface area (Å²) in [5, 5.41) is 12.3. The van der Waals surface area contributed by atoms with Gasteiger partial charge in [0.25, 0.3) is 0 Å². The Hall–Kier alpha value is -1.38. The molecule has 4 heteroatoms. The zero-order chi connectivity index (χ0) is 11.3. The highest BCUT2D eigenvalue weighted by molar-refractivity contribution is 6.36. The van der Waals surface area contributed by atoms with Crippen LogP contribution in [0.15, 0.2) is 34.7 Å². The van der Waals surface area contributed by atoms with Crippen LogP contribution in [0.2, 0.25) is 10.0 Å². The number of halogens is 2. The summed E-state index contributed by atoms with van der Waals surface area (Å²) in [6.45, 7) is 0. The number of hydrogen-bond acceptors (Lipinski definition) is 2. The summed E-state index contributed by atoms with van der Waals surface area (Å²) in [6.07, 6.45) is 0. The number of phenols is 1. The Morgan fingerprint density at radius 3 is 2.62 bits per heavy atom. The Kier molecular flexibility index (Phi) is 2.03. The van der Waals surface area contributed by atoms with Gasteiger partial charge in [0.15, 0.2) is 16.9 Å². The average Bonchev–Trinajstić information content (AvgIpc) is 2.59. The fraction of sp³-hybridized carbons (Fsp3) is 0. The third-order valence-corrected chi connectivity index (χ3v) is 3.01. The first-order chi connectivity index (χ1) is 7.66. The van der Waals surface area contributed by atoms with Gasteiger partial charge in [-0.15, -0.1) is 0 Å². The molecule has 0 saturated heterocycles. The van der Waals surface area contributed by atoms with Gasteiger partial charge in [-0.1, -0.05) is 35.3 Å². The molecule has 0 aliphatic rings. The molecule has 2 nitrogen and oxygen atoms in total. The molecule has 0 amide bonds. The lowest BCUT2D eigenvalue weighted by molar-refractivity contribution is 0.469. The van der Waals surface area contributed by atoms with Crippen molar-refractivity contribution in [2.75, 3.05) is 0 Å². The topological polar surface area (TPSA) is 33.4 Å². The minimum Gasteiger partial charge on any atom is -0.504 e. The fourth-order valence-electron chi connectivity index (χ4n) is 1.81. The van der Waals surface area contributed by atoms with Crippen LogP contribution in [0.1, 0.15) is 0 Å². The van der Waals surface area contributed by atoms with Gasteiger partial charge in [0, 0.05) is 21.9 Å². The first-order valence-corrected chi connectivity index (χ1v) is 5.41. The molecule has 0 atom stereocenters. The third kappa shape index (κ3) is 1.27. The van der Waals surface area contributed by atoms with E-state index in [1.807, 2.05) is 12.1 Å². The summed E-state index contributed by atoms with van der Waals surface area (Å²) in [7, 11) is 0. The highest BCUT2D eigenvalue weighted by Gasteiger charge is 2.13. The third-order valence-electron chi connectivity index (χ3n) is 2.50. The molecule has 1 heterocycles. The summed E-state index contributed by atoms with van der Waals surface area (Å²) in [6, 6.07) is 8.64. The molecule has 1 aromatic heterocycles. The molecule has 3 aromatic rings. The number of rotatable bonds is 0. The fourth-order valence-corrected chi connectivity index (χ4v) is 2.24. The van der Waals surface area contributed by atoms with E-state index in [9.17, 15) is 5.11 Å².